The van der Waals surface area contributed by atoms with Crippen molar-refractivity contribution in [1.29, 1.82) is 0 Å². The van der Waals surface area contributed by atoms with E-state index < -0.39 is 0 Å². The molecule has 0 unspecified atom stereocenters. The van der Waals surface area contributed by atoms with E-state index in [0.717, 1.165) is 46.1 Å². The highest BCUT2D eigenvalue weighted by atomic mass is 35.5. The summed E-state index contributed by atoms with van der Waals surface area (Å²) >= 11 is 1.62. The third-order valence-electron chi connectivity index (χ3n) is 3.43. The molecule has 0 radical (unpaired) electrons. The van der Waals surface area contributed by atoms with Crippen LogP contribution >= 0.6 is 36.2 Å². The first-order chi connectivity index (χ1) is 9.74. The van der Waals surface area contributed by atoms with Gasteiger partial charge >= 0.3 is 0 Å². The summed E-state index contributed by atoms with van der Waals surface area (Å²) in [6, 6.07) is 5.87. The van der Waals surface area contributed by atoms with E-state index in [1.54, 1.807) is 11.3 Å². The molecule has 3 rings (SSSR count). The average molecular weight is 360 g/mol. The molecule has 0 saturated heterocycles. The summed E-state index contributed by atoms with van der Waals surface area (Å²) in [4.78, 5) is 17.6. The van der Waals surface area contributed by atoms with Crippen LogP contribution in [0.5, 0.6) is 0 Å². The minimum absolute atomic E-state index is 0. The van der Waals surface area contributed by atoms with Gasteiger partial charge in [0.1, 0.15) is 0 Å². The molecule has 0 bridgehead atoms. The zero-order chi connectivity index (χ0) is 13.9. The van der Waals surface area contributed by atoms with Crippen molar-refractivity contribution in [3.63, 3.8) is 0 Å². The molecule has 120 valence electrons. The number of hydrogen-bond donors (Lipinski definition) is 2. The number of carbonyl (C=O) groups is 1. The lowest BCUT2D eigenvalue weighted by molar-refractivity contribution is 0.0950. The summed E-state index contributed by atoms with van der Waals surface area (Å²) in [5, 5.41) is 7.35. The Morgan fingerprint density at radius 1 is 1.41 bits per heavy atom. The molecule has 4 nitrogen and oxygen atoms in total. The van der Waals surface area contributed by atoms with E-state index in [4.69, 9.17) is 0 Å². The molecule has 1 aromatic carbocycles. The van der Waals surface area contributed by atoms with Crippen LogP contribution in [-0.2, 0) is 13.0 Å². The van der Waals surface area contributed by atoms with Crippen molar-refractivity contribution in [3.05, 3.63) is 45.4 Å². The largest absolute Gasteiger partial charge is 0.385 e. The van der Waals surface area contributed by atoms with Crippen molar-refractivity contribution in [1.82, 2.24) is 10.3 Å². The van der Waals surface area contributed by atoms with Gasteiger partial charge in [0.2, 0.25) is 0 Å². The summed E-state index contributed by atoms with van der Waals surface area (Å²) in [5.41, 5.74) is 3.02. The molecule has 0 atom stereocenters. The van der Waals surface area contributed by atoms with Crippen LogP contribution < -0.4 is 10.6 Å². The van der Waals surface area contributed by atoms with Crippen LogP contribution in [0.15, 0.2) is 24.4 Å². The Balaban J connectivity index is 0.00000121. The van der Waals surface area contributed by atoms with Gasteiger partial charge in [-0.2, -0.15) is 0 Å². The minimum atomic E-state index is -0.00315. The summed E-state index contributed by atoms with van der Waals surface area (Å²) in [6.45, 7) is 3.49. The second-order valence-corrected chi connectivity index (χ2v) is 6.21. The quantitative estimate of drug-likeness (QED) is 0.880. The number of benzene rings is 1. The molecule has 22 heavy (non-hydrogen) atoms. The van der Waals surface area contributed by atoms with Gasteiger partial charge in [0.25, 0.3) is 5.91 Å². The normalized spacial score (nSPS) is 12.2. The molecule has 7 heteroatoms. The molecule has 0 fully saturated rings. The molecule has 1 aliphatic heterocycles. The van der Waals surface area contributed by atoms with Gasteiger partial charge in [0.05, 0.1) is 11.6 Å². The van der Waals surface area contributed by atoms with Gasteiger partial charge in [-0.25, -0.2) is 4.98 Å². The SMILES string of the molecule is Cc1ncc(CNC(=O)c2cccc3c2CCCN3)s1.Cl.Cl. The summed E-state index contributed by atoms with van der Waals surface area (Å²) in [6.07, 6.45) is 3.86. The summed E-state index contributed by atoms with van der Waals surface area (Å²) in [5.74, 6) is -0.00315. The predicted molar refractivity (Wildman–Crippen MR) is 95.8 cm³/mol. The van der Waals surface area contributed by atoms with Gasteiger partial charge < -0.3 is 10.6 Å². The van der Waals surface area contributed by atoms with Crippen LogP contribution in [0, 0.1) is 6.92 Å². The maximum absolute atomic E-state index is 12.3. The Labute approximate surface area is 146 Å². The molecule has 1 amide bonds. The third-order valence-corrected chi connectivity index (χ3v) is 4.34. The number of rotatable bonds is 3. The van der Waals surface area contributed by atoms with E-state index in [-0.39, 0.29) is 30.7 Å². The molecule has 2 aromatic rings. The predicted octanol–water partition coefficient (Wildman–Crippen LogP) is 3.58. The van der Waals surface area contributed by atoms with Gasteiger partial charge in [-0.05, 0) is 37.5 Å². The molecule has 2 N–H and O–H groups in total. The number of halogens is 2. The Kier molecular flexibility index (Phi) is 7.13. The van der Waals surface area contributed by atoms with E-state index in [0.29, 0.717) is 6.54 Å². The van der Waals surface area contributed by atoms with Crippen molar-refractivity contribution >= 4 is 47.7 Å². The highest BCUT2D eigenvalue weighted by Crippen LogP contribution is 2.25. The van der Waals surface area contributed by atoms with Crippen LogP contribution in [0.4, 0.5) is 5.69 Å². The van der Waals surface area contributed by atoms with E-state index >= 15 is 0 Å². The van der Waals surface area contributed by atoms with Crippen molar-refractivity contribution in [2.45, 2.75) is 26.3 Å². The zero-order valence-electron chi connectivity index (χ0n) is 12.2. The molecule has 0 spiro atoms. The van der Waals surface area contributed by atoms with Gasteiger partial charge in [-0.15, -0.1) is 36.2 Å². The fourth-order valence-electron chi connectivity index (χ4n) is 2.47. The van der Waals surface area contributed by atoms with Crippen LogP contribution in [0.3, 0.4) is 0 Å². The lowest BCUT2D eigenvalue weighted by Crippen LogP contribution is -2.25. The molecule has 0 aliphatic carbocycles. The number of nitrogens with one attached hydrogen (secondary N) is 2. The Hall–Kier alpha value is -1.30. The first-order valence-corrected chi connectivity index (χ1v) is 7.61. The number of aromatic nitrogens is 1. The number of fused-ring (bicyclic) bond motifs is 1. The van der Waals surface area contributed by atoms with E-state index in [1.165, 1.54) is 0 Å². The summed E-state index contributed by atoms with van der Waals surface area (Å²) < 4.78 is 0. The molecule has 1 aliphatic rings. The van der Waals surface area contributed by atoms with Crippen molar-refractivity contribution in [2.75, 3.05) is 11.9 Å². The minimum Gasteiger partial charge on any atom is -0.385 e. The second kappa shape index (κ2) is 8.36. The Bertz CT molecular complexity index is 645. The van der Waals surface area contributed by atoms with Gasteiger partial charge in [-0.3, -0.25) is 4.79 Å². The average Bonchev–Trinajstić information content (AvgIpc) is 2.90. The monoisotopic (exact) mass is 359 g/mol. The third kappa shape index (κ3) is 4.12. The molecule has 0 saturated carbocycles. The van der Waals surface area contributed by atoms with Crippen molar-refractivity contribution in [2.24, 2.45) is 0 Å². The van der Waals surface area contributed by atoms with Crippen LogP contribution in [0.1, 0.15) is 32.2 Å². The van der Waals surface area contributed by atoms with E-state index in [2.05, 4.69) is 15.6 Å². The van der Waals surface area contributed by atoms with Crippen LogP contribution in [0.2, 0.25) is 0 Å². The number of anilines is 1. The van der Waals surface area contributed by atoms with Crippen molar-refractivity contribution < 1.29 is 4.79 Å². The lowest BCUT2D eigenvalue weighted by Gasteiger charge is -2.20. The standard InChI is InChI=1S/C15H17N3OS.2ClH/c1-10-17-8-11(20-10)9-18-15(19)13-4-2-6-14-12(13)5-3-7-16-14;;/h2,4,6,8,16H,3,5,7,9H2,1H3,(H,18,19);2*1H. The molecular formula is C15H19Cl2N3OS. The maximum atomic E-state index is 12.3. The number of carbonyl (C=O) groups excluding carboxylic acids is 1. The highest BCUT2D eigenvalue weighted by Gasteiger charge is 2.17. The first-order valence-electron chi connectivity index (χ1n) is 6.79. The number of thiazole rings is 1. The number of aryl methyl sites for hydroxylation is 1. The summed E-state index contributed by atoms with van der Waals surface area (Å²) in [7, 11) is 0. The zero-order valence-corrected chi connectivity index (χ0v) is 14.7. The van der Waals surface area contributed by atoms with Crippen molar-refractivity contribution in [3.8, 4) is 0 Å². The fourth-order valence-corrected chi connectivity index (χ4v) is 3.21. The smallest absolute Gasteiger partial charge is 0.251 e. The maximum Gasteiger partial charge on any atom is 0.251 e. The number of hydrogen-bond acceptors (Lipinski definition) is 4. The topological polar surface area (TPSA) is 54.0 Å². The second-order valence-electron chi connectivity index (χ2n) is 4.89. The number of nitrogens with zero attached hydrogens (tertiary/aromatic N) is 1. The Morgan fingerprint density at radius 2 is 2.23 bits per heavy atom. The van der Waals surface area contributed by atoms with E-state index in [1.807, 2.05) is 31.3 Å². The highest BCUT2D eigenvalue weighted by molar-refractivity contribution is 7.11. The molecular weight excluding hydrogens is 341 g/mol. The molecule has 1 aromatic heterocycles. The van der Waals surface area contributed by atoms with Crippen LogP contribution in [0.25, 0.3) is 0 Å². The van der Waals surface area contributed by atoms with E-state index in [9.17, 15) is 4.79 Å². The number of amides is 1. The molecule has 2 heterocycles. The Morgan fingerprint density at radius 3 is 2.95 bits per heavy atom. The lowest BCUT2D eigenvalue weighted by atomic mass is 9.97. The first kappa shape index (κ1) is 18.7. The van der Waals surface area contributed by atoms with Gasteiger partial charge in [-0.1, -0.05) is 6.07 Å². The van der Waals surface area contributed by atoms with Gasteiger partial charge in [0.15, 0.2) is 0 Å². The van der Waals surface area contributed by atoms with Gasteiger partial charge in [0, 0.05) is 28.9 Å². The fraction of sp³-hybridized carbons (Fsp3) is 0.333. The van der Waals surface area contributed by atoms with Crippen LogP contribution in [-0.4, -0.2) is 17.4 Å².